The van der Waals surface area contributed by atoms with Crippen LogP contribution in [0.25, 0.3) is 0 Å². The van der Waals surface area contributed by atoms with E-state index in [4.69, 9.17) is 5.84 Å². The van der Waals surface area contributed by atoms with Crippen molar-refractivity contribution in [3.8, 4) is 0 Å². The Bertz CT molecular complexity index is 182. The van der Waals surface area contributed by atoms with Crippen molar-refractivity contribution in [2.75, 3.05) is 14.1 Å². The molecule has 0 heterocycles. The highest BCUT2D eigenvalue weighted by molar-refractivity contribution is 4.92. The van der Waals surface area contributed by atoms with Crippen LogP contribution in [0, 0.1) is 0 Å². The summed E-state index contributed by atoms with van der Waals surface area (Å²) in [6.45, 7) is 6.79. The summed E-state index contributed by atoms with van der Waals surface area (Å²) in [4.78, 5) is 2.30. The van der Waals surface area contributed by atoms with Crippen LogP contribution in [-0.2, 0) is 0 Å². The van der Waals surface area contributed by atoms with E-state index in [0.29, 0.717) is 6.04 Å². The summed E-state index contributed by atoms with van der Waals surface area (Å²) < 4.78 is 0. The smallest absolute Gasteiger partial charge is 0.0391 e. The zero-order valence-electron chi connectivity index (χ0n) is 12.6. The predicted octanol–water partition coefficient (Wildman–Crippen LogP) is 2.91. The number of nitrogens with two attached hydrogens (primary N) is 1. The monoisotopic (exact) mass is 243 g/mol. The van der Waals surface area contributed by atoms with E-state index in [1.807, 2.05) is 0 Å². The Morgan fingerprint density at radius 3 is 2.12 bits per heavy atom. The average molecular weight is 243 g/mol. The van der Waals surface area contributed by atoms with Crippen molar-refractivity contribution in [2.45, 2.75) is 77.3 Å². The highest BCUT2D eigenvalue weighted by Gasteiger charge is 2.33. The van der Waals surface area contributed by atoms with Gasteiger partial charge in [-0.2, -0.15) is 0 Å². The van der Waals surface area contributed by atoms with Crippen LogP contribution in [0.15, 0.2) is 0 Å². The number of hydrogen-bond donors (Lipinski definition) is 2. The number of rotatable bonds is 10. The van der Waals surface area contributed by atoms with E-state index in [1.165, 1.54) is 38.5 Å². The van der Waals surface area contributed by atoms with Gasteiger partial charge in [0.05, 0.1) is 0 Å². The summed E-state index contributed by atoms with van der Waals surface area (Å²) in [5, 5.41) is 0. The highest BCUT2D eigenvalue weighted by atomic mass is 15.3. The van der Waals surface area contributed by atoms with Crippen LogP contribution in [0.4, 0.5) is 0 Å². The van der Waals surface area contributed by atoms with Crippen LogP contribution in [0.3, 0.4) is 0 Å². The van der Waals surface area contributed by atoms with Crippen LogP contribution < -0.4 is 11.3 Å². The van der Waals surface area contributed by atoms with Gasteiger partial charge >= 0.3 is 0 Å². The first-order chi connectivity index (χ1) is 8.02. The zero-order chi connectivity index (χ0) is 13.3. The number of nitrogens with one attached hydrogen (secondary N) is 1. The summed E-state index contributed by atoms with van der Waals surface area (Å²) >= 11 is 0. The van der Waals surface area contributed by atoms with Gasteiger partial charge in [-0.3, -0.25) is 11.3 Å². The van der Waals surface area contributed by atoms with Gasteiger partial charge in [-0.1, -0.05) is 46.0 Å². The minimum Gasteiger partial charge on any atom is -0.302 e. The molecule has 17 heavy (non-hydrogen) atoms. The second kappa shape index (κ2) is 8.90. The van der Waals surface area contributed by atoms with Gasteiger partial charge in [0, 0.05) is 11.6 Å². The maximum absolute atomic E-state index is 5.74. The molecule has 3 nitrogen and oxygen atoms in total. The molecule has 0 aromatic rings. The minimum absolute atomic E-state index is 0.152. The van der Waals surface area contributed by atoms with Crippen molar-refractivity contribution < 1.29 is 0 Å². The third-order valence-corrected chi connectivity index (χ3v) is 4.29. The van der Waals surface area contributed by atoms with E-state index in [2.05, 4.69) is 45.2 Å². The average Bonchev–Trinajstić information content (AvgIpc) is 2.32. The summed E-state index contributed by atoms with van der Waals surface area (Å²) in [5.41, 5.74) is 3.18. The normalized spacial score (nSPS) is 17.1. The van der Waals surface area contributed by atoms with Crippen LogP contribution >= 0.6 is 0 Å². The first kappa shape index (κ1) is 16.9. The Hall–Kier alpha value is -0.120. The lowest BCUT2D eigenvalue weighted by atomic mass is 9.85. The zero-order valence-corrected chi connectivity index (χ0v) is 12.6. The predicted molar refractivity (Wildman–Crippen MR) is 76.9 cm³/mol. The fraction of sp³-hybridized carbons (Fsp3) is 1.00. The van der Waals surface area contributed by atoms with E-state index in [9.17, 15) is 0 Å². The van der Waals surface area contributed by atoms with Gasteiger partial charge in [-0.15, -0.1) is 0 Å². The third kappa shape index (κ3) is 5.36. The molecule has 0 amide bonds. The van der Waals surface area contributed by atoms with Gasteiger partial charge in [-0.05, 0) is 33.9 Å². The molecule has 0 rings (SSSR count). The number of likely N-dealkylation sites (N-methyl/N-ethyl adjacent to an activating group) is 1. The van der Waals surface area contributed by atoms with Gasteiger partial charge in [0.1, 0.15) is 0 Å². The molecule has 0 bridgehead atoms. The van der Waals surface area contributed by atoms with Gasteiger partial charge in [0.25, 0.3) is 0 Å². The Morgan fingerprint density at radius 1 is 1.12 bits per heavy atom. The molecule has 0 aliphatic carbocycles. The number of hydrogen-bond acceptors (Lipinski definition) is 3. The fourth-order valence-electron chi connectivity index (χ4n) is 2.40. The van der Waals surface area contributed by atoms with E-state index in [-0.39, 0.29) is 5.54 Å². The lowest BCUT2D eigenvalue weighted by Gasteiger charge is -2.42. The van der Waals surface area contributed by atoms with E-state index >= 15 is 0 Å². The van der Waals surface area contributed by atoms with Crippen molar-refractivity contribution in [2.24, 2.45) is 5.84 Å². The maximum atomic E-state index is 5.74. The molecule has 0 spiro atoms. The molecule has 0 fully saturated rings. The summed E-state index contributed by atoms with van der Waals surface area (Å²) in [6.07, 6.45) is 8.92. The minimum atomic E-state index is 0.152. The largest absolute Gasteiger partial charge is 0.302 e. The lowest BCUT2D eigenvalue weighted by molar-refractivity contribution is 0.106. The summed E-state index contributed by atoms with van der Waals surface area (Å²) in [7, 11) is 4.29. The van der Waals surface area contributed by atoms with Gasteiger partial charge < -0.3 is 4.90 Å². The van der Waals surface area contributed by atoms with Crippen LogP contribution in [0.1, 0.15) is 65.7 Å². The summed E-state index contributed by atoms with van der Waals surface area (Å²) in [5.74, 6) is 5.74. The molecule has 3 N–H and O–H groups in total. The molecule has 0 aliphatic rings. The number of hydrazine groups is 1. The molecule has 0 aromatic heterocycles. The second-order valence-corrected chi connectivity index (χ2v) is 5.53. The van der Waals surface area contributed by atoms with E-state index in [1.54, 1.807) is 0 Å². The van der Waals surface area contributed by atoms with Crippen LogP contribution in [0.2, 0.25) is 0 Å². The van der Waals surface area contributed by atoms with E-state index in [0.717, 1.165) is 6.42 Å². The number of nitrogens with zero attached hydrogens (tertiary/aromatic N) is 1. The Kier molecular flexibility index (Phi) is 8.83. The molecule has 0 saturated carbocycles. The number of unbranched alkanes of at least 4 members (excludes halogenated alkanes) is 4. The Morgan fingerprint density at radius 2 is 1.71 bits per heavy atom. The van der Waals surface area contributed by atoms with Gasteiger partial charge in [-0.25, -0.2) is 0 Å². The quantitative estimate of drug-likeness (QED) is 0.352. The first-order valence-corrected chi connectivity index (χ1v) is 7.16. The van der Waals surface area contributed by atoms with Gasteiger partial charge in [0.2, 0.25) is 0 Å². The molecular formula is C14H33N3. The van der Waals surface area contributed by atoms with Crippen molar-refractivity contribution >= 4 is 0 Å². The maximum Gasteiger partial charge on any atom is 0.0391 e. The van der Waals surface area contributed by atoms with E-state index < -0.39 is 0 Å². The molecule has 2 atom stereocenters. The standard InChI is InChI=1S/C14H33N3/c1-6-8-9-10-11-12-13(16-15)14(3,7-2)17(4)5/h13,16H,6-12,15H2,1-5H3. The topological polar surface area (TPSA) is 41.3 Å². The SMILES string of the molecule is CCCCCCCC(NN)C(C)(CC)N(C)C. The Balaban J connectivity index is 4.12. The molecule has 0 aromatic carbocycles. The molecule has 0 saturated heterocycles. The lowest BCUT2D eigenvalue weighted by Crippen LogP contribution is -2.58. The molecule has 3 heteroatoms. The molecule has 104 valence electrons. The van der Waals surface area contributed by atoms with Crippen molar-refractivity contribution in [3.63, 3.8) is 0 Å². The molecule has 0 aliphatic heterocycles. The highest BCUT2D eigenvalue weighted by Crippen LogP contribution is 2.24. The van der Waals surface area contributed by atoms with Gasteiger partial charge in [0.15, 0.2) is 0 Å². The third-order valence-electron chi connectivity index (χ3n) is 4.29. The van der Waals surface area contributed by atoms with Crippen molar-refractivity contribution in [3.05, 3.63) is 0 Å². The van der Waals surface area contributed by atoms with Crippen molar-refractivity contribution in [1.29, 1.82) is 0 Å². The van der Waals surface area contributed by atoms with Crippen molar-refractivity contribution in [1.82, 2.24) is 10.3 Å². The molecule has 0 radical (unpaired) electrons. The first-order valence-electron chi connectivity index (χ1n) is 7.16. The summed E-state index contributed by atoms with van der Waals surface area (Å²) in [6, 6.07) is 0.379. The van der Waals surface area contributed by atoms with Crippen LogP contribution in [-0.4, -0.2) is 30.6 Å². The fourth-order valence-corrected chi connectivity index (χ4v) is 2.40. The van der Waals surface area contributed by atoms with Crippen LogP contribution in [0.5, 0.6) is 0 Å². The molecule has 2 unspecified atom stereocenters. The second-order valence-electron chi connectivity index (χ2n) is 5.53. The molecular weight excluding hydrogens is 210 g/mol. The Labute approximate surface area is 108 Å².